The van der Waals surface area contributed by atoms with Crippen molar-refractivity contribution in [1.82, 2.24) is 35.0 Å². The van der Waals surface area contributed by atoms with Gasteiger partial charge in [0.1, 0.15) is 17.5 Å². The number of piperidine rings is 1. The molecular formula is C28H38N8O3. The van der Waals surface area contributed by atoms with Gasteiger partial charge in [0.05, 0.1) is 30.6 Å². The van der Waals surface area contributed by atoms with E-state index in [0.717, 1.165) is 69.0 Å². The molecule has 0 bridgehead atoms. The molecule has 4 aliphatic rings. The lowest BCUT2D eigenvalue weighted by Gasteiger charge is -2.42. The zero-order valence-corrected chi connectivity index (χ0v) is 22.9. The lowest BCUT2D eigenvalue weighted by Crippen LogP contribution is -2.51. The third kappa shape index (κ3) is 4.79. The maximum atomic E-state index is 13.2. The van der Waals surface area contributed by atoms with Crippen LogP contribution in [0, 0.1) is 0 Å². The van der Waals surface area contributed by atoms with E-state index in [1.165, 1.54) is 5.57 Å². The molecule has 11 nitrogen and oxygen atoms in total. The minimum atomic E-state index is -0.178. The molecule has 5 heterocycles. The summed E-state index contributed by atoms with van der Waals surface area (Å²) >= 11 is 0. The standard InChI is InChI=1S/C28H38N8O3/c1-29-25-15-23(32-27-21(17-31-36(25)27)28(37)33-22-6-7-24(22)39-3)20-16-30-26-19(20)5-4-10-35(26)18-8-11-34(12-9-18)13-14-38-2/h4-5,10,15-18,22,24,26,29-30H,6-9,11-14H2,1-3H3,(H,33,37)/t22-,24-,26?/m0/s1. The highest BCUT2D eigenvalue weighted by Crippen LogP contribution is 2.36. The average molecular weight is 535 g/mol. The number of carbonyl (C=O) groups excluding carboxylic acids is 1. The second-order valence-corrected chi connectivity index (χ2v) is 10.6. The van der Waals surface area contributed by atoms with Crippen LogP contribution in [0.3, 0.4) is 0 Å². The number of carbonyl (C=O) groups is 1. The van der Waals surface area contributed by atoms with Gasteiger partial charge >= 0.3 is 0 Å². The van der Waals surface area contributed by atoms with E-state index in [4.69, 9.17) is 14.5 Å². The molecule has 1 saturated carbocycles. The fraction of sp³-hybridized carbons (Fsp3) is 0.536. The van der Waals surface area contributed by atoms with Gasteiger partial charge in [0.15, 0.2) is 5.65 Å². The van der Waals surface area contributed by atoms with Crippen molar-refractivity contribution in [3.63, 3.8) is 0 Å². The van der Waals surface area contributed by atoms with E-state index in [-0.39, 0.29) is 24.2 Å². The fourth-order valence-electron chi connectivity index (χ4n) is 6.06. The van der Waals surface area contributed by atoms with Crippen molar-refractivity contribution in [2.45, 2.75) is 50.0 Å². The molecule has 2 fully saturated rings. The van der Waals surface area contributed by atoms with Crippen LogP contribution in [0.25, 0.3) is 11.2 Å². The van der Waals surface area contributed by atoms with Gasteiger partial charge in [0, 0.05) is 76.6 Å². The molecule has 2 aromatic heterocycles. The highest BCUT2D eigenvalue weighted by atomic mass is 16.5. The second-order valence-electron chi connectivity index (χ2n) is 10.6. The Morgan fingerprint density at radius 1 is 1.21 bits per heavy atom. The number of anilines is 1. The van der Waals surface area contributed by atoms with E-state index in [2.05, 4.69) is 55.4 Å². The molecular weight excluding hydrogens is 496 g/mol. The Balaban J connectivity index is 1.22. The van der Waals surface area contributed by atoms with Gasteiger partial charge in [-0.15, -0.1) is 0 Å². The Morgan fingerprint density at radius 2 is 2.05 bits per heavy atom. The summed E-state index contributed by atoms with van der Waals surface area (Å²) in [6.07, 6.45) is 14.4. The molecule has 1 saturated heterocycles. The molecule has 3 N–H and O–H groups in total. The Bertz CT molecular complexity index is 1310. The second kappa shape index (κ2) is 11.0. The van der Waals surface area contributed by atoms with Crippen molar-refractivity contribution in [2.24, 2.45) is 0 Å². The SMILES string of the molecule is CNc1cc(C2=CNC3C2=CC=CN3C2CCN(CCOC)CC2)nc2c(C(=O)N[C@H]3CC[C@@H]3OC)cnn12. The number of allylic oxidation sites excluding steroid dienone is 2. The molecule has 6 rings (SSSR count). The van der Waals surface area contributed by atoms with Crippen LogP contribution in [0.1, 0.15) is 41.7 Å². The van der Waals surface area contributed by atoms with Gasteiger partial charge in [-0.3, -0.25) is 4.79 Å². The lowest BCUT2D eigenvalue weighted by atomic mass is 9.89. The van der Waals surface area contributed by atoms with Crippen LogP contribution in [-0.2, 0) is 9.47 Å². The number of ether oxygens (including phenoxy) is 2. The molecule has 0 spiro atoms. The number of aromatic nitrogens is 3. The molecule has 0 aromatic carbocycles. The van der Waals surface area contributed by atoms with Crippen molar-refractivity contribution >= 4 is 22.9 Å². The van der Waals surface area contributed by atoms with Gasteiger partial charge in [0.2, 0.25) is 0 Å². The lowest BCUT2D eigenvalue weighted by molar-refractivity contribution is 0.00732. The minimum Gasteiger partial charge on any atom is -0.383 e. The fourth-order valence-corrected chi connectivity index (χ4v) is 6.06. The zero-order chi connectivity index (χ0) is 26.9. The van der Waals surface area contributed by atoms with Crippen LogP contribution >= 0.6 is 0 Å². The molecule has 3 atom stereocenters. The van der Waals surface area contributed by atoms with Crippen LogP contribution in [0.5, 0.6) is 0 Å². The first-order valence-electron chi connectivity index (χ1n) is 13.9. The van der Waals surface area contributed by atoms with E-state index in [1.807, 2.05) is 13.1 Å². The summed E-state index contributed by atoms with van der Waals surface area (Å²) in [7, 11) is 5.30. The molecule has 0 radical (unpaired) electrons. The summed E-state index contributed by atoms with van der Waals surface area (Å²) in [6, 6.07) is 2.47. The summed E-state index contributed by atoms with van der Waals surface area (Å²) in [5.41, 5.74) is 3.99. The van der Waals surface area contributed by atoms with Crippen molar-refractivity contribution in [3.8, 4) is 0 Å². The number of methoxy groups -OCH3 is 2. The summed E-state index contributed by atoms with van der Waals surface area (Å²) in [5, 5.41) is 14.4. The van der Waals surface area contributed by atoms with Crippen molar-refractivity contribution in [2.75, 3.05) is 52.8 Å². The maximum Gasteiger partial charge on any atom is 0.257 e. The Hall–Kier alpha value is -3.41. The largest absolute Gasteiger partial charge is 0.383 e. The summed E-state index contributed by atoms with van der Waals surface area (Å²) in [4.78, 5) is 23.1. The first-order valence-corrected chi connectivity index (χ1v) is 13.9. The van der Waals surface area contributed by atoms with E-state index >= 15 is 0 Å². The van der Waals surface area contributed by atoms with Crippen LogP contribution in [0.4, 0.5) is 5.82 Å². The predicted molar refractivity (Wildman–Crippen MR) is 149 cm³/mol. The molecule has 1 unspecified atom stereocenters. The number of hydrogen-bond acceptors (Lipinski definition) is 9. The quantitative estimate of drug-likeness (QED) is 0.444. The van der Waals surface area contributed by atoms with Gasteiger partial charge in [-0.2, -0.15) is 9.61 Å². The third-order valence-corrected chi connectivity index (χ3v) is 8.49. The first kappa shape index (κ1) is 25.8. The molecule has 3 aliphatic heterocycles. The zero-order valence-electron chi connectivity index (χ0n) is 22.9. The van der Waals surface area contributed by atoms with E-state index < -0.39 is 0 Å². The average Bonchev–Trinajstić information content (AvgIpc) is 3.59. The van der Waals surface area contributed by atoms with Crippen molar-refractivity contribution in [3.05, 3.63) is 53.6 Å². The van der Waals surface area contributed by atoms with Gasteiger partial charge in [-0.05, 0) is 31.8 Å². The molecule has 2 aromatic rings. The highest BCUT2D eigenvalue weighted by molar-refractivity contribution is 6.00. The third-order valence-electron chi connectivity index (χ3n) is 8.49. The minimum absolute atomic E-state index is 0.0175. The maximum absolute atomic E-state index is 13.2. The first-order chi connectivity index (χ1) is 19.1. The topological polar surface area (TPSA) is 108 Å². The number of hydrogen-bond donors (Lipinski definition) is 3. The van der Waals surface area contributed by atoms with Crippen LogP contribution in [-0.4, -0.2) is 102 Å². The summed E-state index contributed by atoms with van der Waals surface area (Å²) < 4.78 is 12.4. The molecule has 1 aliphatic carbocycles. The van der Waals surface area contributed by atoms with Gasteiger partial charge in [-0.1, -0.05) is 6.08 Å². The van der Waals surface area contributed by atoms with Crippen molar-refractivity contribution in [1.29, 1.82) is 0 Å². The number of amides is 1. The Kier molecular flexibility index (Phi) is 7.28. The Labute approximate surface area is 228 Å². The summed E-state index contributed by atoms with van der Waals surface area (Å²) in [6.45, 7) is 3.92. The molecule has 208 valence electrons. The molecule has 1 amide bonds. The highest BCUT2D eigenvalue weighted by Gasteiger charge is 2.36. The smallest absolute Gasteiger partial charge is 0.257 e. The monoisotopic (exact) mass is 534 g/mol. The van der Waals surface area contributed by atoms with Gasteiger partial charge in [-0.25, -0.2) is 4.98 Å². The number of fused-ring (bicyclic) bond motifs is 2. The number of nitrogens with zero attached hydrogens (tertiary/aromatic N) is 5. The number of rotatable bonds is 9. The predicted octanol–water partition coefficient (Wildman–Crippen LogP) is 1.81. The molecule has 39 heavy (non-hydrogen) atoms. The van der Waals surface area contributed by atoms with E-state index in [1.54, 1.807) is 24.9 Å². The Morgan fingerprint density at radius 3 is 2.77 bits per heavy atom. The van der Waals surface area contributed by atoms with Crippen molar-refractivity contribution < 1.29 is 14.3 Å². The van der Waals surface area contributed by atoms with E-state index in [9.17, 15) is 4.79 Å². The molecule has 11 heteroatoms. The van der Waals surface area contributed by atoms with Gasteiger partial charge < -0.3 is 35.2 Å². The van der Waals surface area contributed by atoms with Crippen LogP contribution in [0.2, 0.25) is 0 Å². The normalized spacial score (nSPS) is 25.1. The van der Waals surface area contributed by atoms with Crippen LogP contribution < -0.4 is 16.0 Å². The summed E-state index contributed by atoms with van der Waals surface area (Å²) in [5.74, 6) is 0.590. The number of likely N-dealkylation sites (tertiary alicyclic amines) is 1. The van der Waals surface area contributed by atoms with Crippen LogP contribution in [0.15, 0.2) is 42.4 Å². The van der Waals surface area contributed by atoms with E-state index in [0.29, 0.717) is 17.3 Å². The van der Waals surface area contributed by atoms with Gasteiger partial charge in [0.25, 0.3) is 5.91 Å². The number of nitrogens with one attached hydrogen (secondary N) is 3.